The molecule has 30 heavy (non-hydrogen) atoms. The highest BCUT2D eigenvalue weighted by Crippen LogP contribution is 2.19. The number of amides is 2. The van der Waals surface area contributed by atoms with Crippen LogP contribution in [0.4, 0.5) is 0 Å². The molecule has 0 saturated carbocycles. The van der Waals surface area contributed by atoms with Gasteiger partial charge in [-0.1, -0.05) is 37.6 Å². The molecule has 2 rings (SSSR count). The van der Waals surface area contributed by atoms with Crippen molar-refractivity contribution < 1.29 is 19.1 Å². The highest BCUT2D eigenvalue weighted by Gasteiger charge is 2.28. The van der Waals surface area contributed by atoms with E-state index < -0.39 is 6.04 Å². The molecule has 1 atom stereocenters. The van der Waals surface area contributed by atoms with Gasteiger partial charge in [-0.15, -0.1) is 0 Å². The predicted octanol–water partition coefficient (Wildman–Crippen LogP) is 4.06. The molecule has 0 unspecified atom stereocenters. The molecule has 6 nitrogen and oxygen atoms in total. The molecule has 0 radical (unpaired) electrons. The van der Waals surface area contributed by atoms with Gasteiger partial charge in [0.05, 0.1) is 7.11 Å². The van der Waals surface area contributed by atoms with Crippen molar-refractivity contribution in [3.05, 3.63) is 59.1 Å². The Balaban J connectivity index is 2.20. The molecule has 0 saturated heterocycles. The maximum absolute atomic E-state index is 13.1. The summed E-state index contributed by atoms with van der Waals surface area (Å²) >= 11 is 5.89. The van der Waals surface area contributed by atoms with Gasteiger partial charge in [-0.2, -0.15) is 0 Å². The summed E-state index contributed by atoms with van der Waals surface area (Å²) in [5.74, 6) is 0.798. The highest BCUT2D eigenvalue weighted by atomic mass is 35.5. The molecule has 2 aromatic rings. The zero-order valence-corrected chi connectivity index (χ0v) is 18.4. The number of carbonyl (C=O) groups is 2. The van der Waals surface area contributed by atoms with Gasteiger partial charge in [0.25, 0.3) is 5.91 Å². The molecule has 2 aromatic carbocycles. The number of benzene rings is 2. The van der Waals surface area contributed by atoms with Crippen molar-refractivity contribution in [2.45, 2.75) is 39.3 Å². The molecule has 0 spiro atoms. The molecule has 0 aromatic heterocycles. The smallest absolute Gasteiger partial charge is 0.261 e. The summed E-state index contributed by atoms with van der Waals surface area (Å²) in [6.45, 7) is 4.54. The maximum atomic E-state index is 13.1. The molecular weight excluding hydrogens is 404 g/mol. The van der Waals surface area contributed by atoms with Crippen LogP contribution in [0.1, 0.15) is 32.3 Å². The van der Waals surface area contributed by atoms with Crippen molar-refractivity contribution in [3.63, 3.8) is 0 Å². The van der Waals surface area contributed by atoms with Gasteiger partial charge in [-0.25, -0.2) is 0 Å². The van der Waals surface area contributed by atoms with Crippen molar-refractivity contribution in [1.82, 2.24) is 10.2 Å². The second-order valence-corrected chi connectivity index (χ2v) is 7.27. The van der Waals surface area contributed by atoms with E-state index in [2.05, 4.69) is 5.32 Å². The van der Waals surface area contributed by atoms with Gasteiger partial charge in [-0.05, 0) is 54.8 Å². The first kappa shape index (κ1) is 23.5. The van der Waals surface area contributed by atoms with Gasteiger partial charge in [-0.3, -0.25) is 9.59 Å². The van der Waals surface area contributed by atoms with Crippen LogP contribution in [0.15, 0.2) is 48.5 Å². The van der Waals surface area contributed by atoms with E-state index >= 15 is 0 Å². The number of rotatable bonds is 11. The van der Waals surface area contributed by atoms with E-state index in [0.29, 0.717) is 29.5 Å². The number of hydrogen-bond donors (Lipinski definition) is 1. The molecule has 7 heteroatoms. The summed E-state index contributed by atoms with van der Waals surface area (Å²) in [6, 6.07) is 13.7. The fraction of sp³-hybridized carbons (Fsp3) is 0.391. The van der Waals surface area contributed by atoms with Crippen LogP contribution in [0.25, 0.3) is 0 Å². The normalized spacial score (nSPS) is 11.5. The van der Waals surface area contributed by atoms with Gasteiger partial charge in [0.2, 0.25) is 5.91 Å². The van der Waals surface area contributed by atoms with E-state index in [1.54, 1.807) is 36.3 Å². The lowest BCUT2D eigenvalue weighted by molar-refractivity contribution is -0.143. The Morgan fingerprint density at radius 3 is 2.47 bits per heavy atom. The fourth-order valence-electron chi connectivity index (χ4n) is 3.01. The lowest BCUT2D eigenvalue weighted by Gasteiger charge is -2.30. The summed E-state index contributed by atoms with van der Waals surface area (Å²) in [7, 11) is 1.59. The average molecular weight is 433 g/mol. The summed E-state index contributed by atoms with van der Waals surface area (Å²) < 4.78 is 10.9. The van der Waals surface area contributed by atoms with Gasteiger partial charge in [0.1, 0.15) is 17.5 Å². The number of methoxy groups -OCH3 is 1. The lowest BCUT2D eigenvalue weighted by atomic mass is 10.1. The lowest BCUT2D eigenvalue weighted by Crippen LogP contribution is -2.50. The summed E-state index contributed by atoms with van der Waals surface area (Å²) in [5.41, 5.74) is 0.871. The van der Waals surface area contributed by atoms with Gasteiger partial charge >= 0.3 is 0 Å². The minimum Gasteiger partial charge on any atom is -0.497 e. The van der Waals surface area contributed by atoms with Crippen molar-refractivity contribution >= 4 is 23.4 Å². The van der Waals surface area contributed by atoms with E-state index in [1.807, 2.05) is 38.1 Å². The number of ether oxygens (including phenoxy) is 2. The molecule has 0 aliphatic heterocycles. The molecule has 0 bridgehead atoms. The highest BCUT2D eigenvalue weighted by molar-refractivity contribution is 6.30. The molecule has 0 fully saturated rings. The Morgan fingerprint density at radius 1 is 1.10 bits per heavy atom. The maximum Gasteiger partial charge on any atom is 0.261 e. The third-order valence-electron chi connectivity index (χ3n) is 4.60. The molecule has 0 heterocycles. The van der Waals surface area contributed by atoms with Crippen LogP contribution < -0.4 is 14.8 Å². The van der Waals surface area contributed by atoms with Crippen LogP contribution in [0.5, 0.6) is 11.5 Å². The number of hydrogen-bond acceptors (Lipinski definition) is 4. The second kappa shape index (κ2) is 12.1. The molecular formula is C23H29ClN2O4. The number of halogens is 1. The Hall–Kier alpha value is -2.73. The van der Waals surface area contributed by atoms with Gasteiger partial charge < -0.3 is 19.7 Å². The van der Waals surface area contributed by atoms with Gasteiger partial charge in [0, 0.05) is 18.1 Å². The Morgan fingerprint density at radius 2 is 1.83 bits per heavy atom. The first-order chi connectivity index (χ1) is 14.5. The van der Waals surface area contributed by atoms with Crippen LogP contribution in [0, 0.1) is 0 Å². The Labute approximate surface area is 183 Å². The standard InChI is InChI=1S/C23H29ClN2O4/c1-4-13-25-23(28)21(5-2)26(15-17-7-6-8-20(14-17)29-3)22(27)16-30-19-11-9-18(24)10-12-19/h6-12,14,21H,4-5,13,15-16H2,1-3H3,(H,25,28)/t21-/m0/s1. The zero-order chi connectivity index (χ0) is 21.9. The monoisotopic (exact) mass is 432 g/mol. The van der Waals surface area contributed by atoms with Crippen molar-refractivity contribution in [1.29, 1.82) is 0 Å². The van der Waals surface area contributed by atoms with Crippen LogP contribution >= 0.6 is 11.6 Å². The molecule has 162 valence electrons. The Kier molecular flexibility index (Phi) is 9.48. The summed E-state index contributed by atoms with van der Waals surface area (Å²) in [4.78, 5) is 27.4. The molecule has 1 N–H and O–H groups in total. The van der Waals surface area contributed by atoms with Crippen LogP contribution in [-0.2, 0) is 16.1 Å². The van der Waals surface area contributed by atoms with Gasteiger partial charge in [0.15, 0.2) is 6.61 Å². The van der Waals surface area contributed by atoms with E-state index in [1.165, 1.54) is 0 Å². The number of nitrogens with one attached hydrogen (secondary N) is 1. The third kappa shape index (κ3) is 6.95. The van der Waals surface area contributed by atoms with Crippen LogP contribution in [0.2, 0.25) is 5.02 Å². The Bertz CT molecular complexity index is 826. The molecule has 0 aliphatic carbocycles. The predicted molar refractivity (Wildman–Crippen MR) is 118 cm³/mol. The summed E-state index contributed by atoms with van der Waals surface area (Å²) in [5, 5.41) is 3.48. The number of carbonyl (C=O) groups excluding carboxylic acids is 2. The molecule has 0 aliphatic rings. The van der Waals surface area contributed by atoms with Crippen LogP contribution in [0.3, 0.4) is 0 Å². The van der Waals surface area contributed by atoms with E-state index in [4.69, 9.17) is 21.1 Å². The van der Waals surface area contributed by atoms with E-state index in [9.17, 15) is 9.59 Å². The zero-order valence-electron chi connectivity index (χ0n) is 17.7. The first-order valence-corrected chi connectivity index (χ1v) is 10.4. The van der Waals surface area contributed by atoms with Crippen LogP contribution in [-0.4, -0.2) is 43.0 Å². The molecule has 2 amide bonds. The van der Waals surface area contributed by atoms with E-state index in [-0.39, 0.29) is 25.0 Å². The average Bonchev–Trinajstić information content (AvgIpc) is 2.77. The fourth-order valence-corrected chi connectivity index (χ4v) is 3.14. The van der Waals surface area contributed by atoms with Crippen molar-refractivity contribution in [2.24, 2.45) is 0 Å². The minimum absolute atomic E-state index is 0.165. The second-order valence-electron chi connectivity index (χ2n) is 6.83. The third-order valence-corrected chi connectivity index (χ3v) is 4.85. The van der Waals surface area contributed by atoms with Crippen molar-refractivity contribution in [2.75, 3.05) is 20.3 Å². The largest absolute Gasteiger partial charge is 0.497 e. The van der Waals surface area contributed by atoms with Crippen molar-refractivity contribution in [3.8, 4) is 11.5 Å². The first-order valence-electron chi connectivity index (χ1n) is 10.1. The van der Waals surface area contributed by atoms with E-state index in [0.717, 1.165) is 12.0 Å². The topological polar surface area (TPSA) is 67.9 Å². The summed E-state index contributed by atoms with van der Waals surface area (Å²) in [6.07, 6.45) is 1.32. The minimum atomic E-state index is -0.593. The quantitative estimate of drug-likeness (QED) is 0.581. The number of nitrogens with zero attached hydrogens (tertiary/aromatic N) is 1. The SMILES string of the molecule is CCCNC(=O)[C@H](CC)N(Cc1cccc(OC)c1)C(=O)COc1ccc(Cl)cc1.